The smallest absolute Gasteiger partial charge is 0.231 e. The molecule has 0 bridgehead atoms. The molecule has 0 spiro atoms. The number of ether oxygens (including phenoxy) is 2. The number of nitrogens with one attached hydrogen (secondary N) is 1. The molecule has 2 aromatic carbocycles. The van der Waals surface area contributed by atoms with Gasteiger partial charge in [0, 0.05) is 18.4 Å². The molecule has 0 radical (unpaired) electrons. The summed E-state index contributed by atoms with van der Waals surface area (Å²) in [5.74, 6) is 1.93. The largest absolute Gasteiger partial charge is 0.454 e. The molecule has 0 aliphatic carbocycles. The highest BCUT2D eigenvalue weighted by molar-refractivity contribution is 7.88. The van der Waals surface area contributed by atoms with Gasteiger partial charge in [-0.25, -0.2) is 23.1 Å². The number of nitrogens with zero attached hydrogens (tertiary/aromatic N) is 3. The minimum Gasteiger partial charge on any atom is -0.454 e. The highest BCUT2D eigenvalue weighted by atomic mass is 32.2. The zero-order valence-electron chi connectivity index (χ0n) is 15.1. The van der Waals surface area contributed by atoms with Crippen LogP contribution in [0.15, 0.2) is 61.1 Å². The number of benzene rings is 2. The molecule has 4 rings (SSSR count). The summed E-state index contributed by atoms with van der Waals surface area (Å²) in [6, 6.07) is 15.0. The lowest BCUT2D eigenvalue weighted by atomic mass is 10.1. The molecule has 2 heterocycles. The third kappa shape index (κ3) is 3.90. The summed E-state index contributed by atoms with van der Waals surface area (Å²) in [7, 11) is -3.29. The molecule has 1 N–H and O–H groups in total. The molecule has 28 heavy (non-hydrogen) atoms. The van der Waals surface area contributed by atoms with Crippen LogP contribution in [0, 0.1) is 0 Å². The van der Waals surface area contributed by atoms with Crippen LogP contribution in [0.2, 0.25) is 0 Å². The summed E-state index contributed by atoms with van der Waals surface area (Å²) >= 11 is 0. The van der Waals surface area contributed by atoms with E-state index in [1.165, 1.54) is 6.33 Å². The van der Waals surface area contributed by atoms with Gasteiger partial charge in [0.25, 0.3) is 0 Å². The lowest BCUT2D eigenvalue weighted by Gasteiger charge is -2.25. The fourth-order valence-electron chi connectivity index (χ4n) is 2.92. The highest BCUT2D eigenvalue weighted by Crippen LogP contribution is 2.46. The Morgan fingerprint density at radius 2 is 2.00 bits per heavy atom. The SMILES string of the molecule is CS(=O)(=O)NCc1cccc(N(c2ccncn2)c2cccc3c2OCO3)c1. The number of aromatic nitrogens is 2. The quantitative estimate of drug-likeness (QED) is 0.682. The van der Waals surface area contributed by atoms with Crippen LogP contribution in [0.25, 0.3) is 0 Å². The Balaban J connectivity index is 1.79. The van der Waals surface area contributed by atoms with E-state index in [1.807, 2.05) is 47.4 Å². The van der Waals surface area contributed by atoms with Gasteiger partial charge in [0.15, 0.2) is 11.5 Å². The van der Waals surface area contributed by atoms with Crippen molar-refractivity contribution >= 4 is 27.2 Å². The van der Waals surface area contributed by atoms with Gasteiger partial charge in [-0.2, -0.15) is 0 Å². The molecule has 0 saturated carbocycles. The van der Waals surface area contributed by atoms with Crippen LogP contribution in [0.3, 0.4) is 0 Å². The second kappa shape index (κ2) is 7.45. The van der Waals surface area contributed by atoms with Gasteiger partial charge in [-0.3, -0.25) is 4.90 Å². The van der Waals surface area contributed by atoms with E-state index in [-0.39, 0.29) is 13.3 Å². The Hall–Kier alpha value is -3.17. The zero-order chi connectivity index (χ0) is 19.6. The normalized spacial score (nSPS) is 12.8. The van der Waals surface area contributed by atoms with E-state index < -0.39 is 10.0 Å². The number of sulfonamides is 1. The fraction of sp³-hybridized carbons (Fsp3) is 0.158. The predicted octanol–water partition coefficient (Wildman–Crippen LogP) is 2.72. The van der Waals surface area contributed by atoms with Crippen molar-refractivity contribution in [1.82, 2.24) is 14.7 Å². The van der Waals surface area contributed by atoms with Gasteiger partial charge in [-0.15, -0.1) is 0 Å². The first kappa shape index (κ1) is 18.2. The van der Waals surface area contributed by atoms with E-state index >= 15 is 0 Å². The molecule has 1 aromatic heterocycles. The van der Waals surface area contributed by atoms with Gasteiger partial charge in [-0.05, 0) is 35.9 Å². The molecule has 0 fully saturated rings. The van der Waals surface area contributed by atoms with Crippen molar-refractivity contribution in [3.63, 3.8) is 0 Å². The summed E-state index contributed by atoms with van der Waals surface area (Å²) in [5, 5.41) is 0. The van der Waals surface area contributed by atoms with Crippen LogP contribution in [0.1, 0.15) is 5.56 Å². The maximum Gasteiger partial charge on any atom is 0.231 e. The average molecular weight is 398 g/mol. The minimum atomic E-state index is -3.29. The number of hydrogen-bond acceptors (Lipinski definition) is 7. The third-order valence-corrected chi connectivity index (χ3v) is 4.79. The predicted molar refractivity (Wildman–Crippen MR) is 105 cm³/mol. The van der Waals surface area contributed by atoms with E-state index in [9.17, 15) is 8.42 Å². The van der Waals surface area contributed by atoms with E-state index in [0.29, 0.717) is 17.3 Å². The number of hydrogen-bond donors (Lipinski definition) is 1. The van der Waals surface area contributed by atoms with Crippen LogP contribution >= 0.6 is 0 Å². The number of rotatable bonds is 6. The van der Waals surface area contributed by atoms with Gasteiger partial charge in [-0.1, -0.05) is 18.2 Å². The maximum atomic E-state index is 11.4. The topological polar surface area (TPSA) is 93.7 Å². The number of para-hydroxylation sites is 1. The van der Waals surface area contributed by atoms with Crippen LogP contribution in [0.4, 0.5) is 17.2 Å². The van der Waals surface area contributed by atoms with Crippen molar-refractivity contribution in [2.45, 2.75) is 6.54 Å². The molecule has 144 valence electrons. The van der Waals surface area contributed by atoms with Crippen molar-refractivity contribution in [2.24, 2.45) is 0 Å². The molecule has 1 aliphatic heterocycles. The van der Waals surface area contributed by atoms with E-state index in [2.05, 4.69) is 14.7 Å². The first-order chi connectivity index (χ1) is 13.5. The van der Waals surface area contributed by atoms with E-state index in [0.717, 1.165) is 23.2 Å². The van der Waals surface area contributed by atoms with Crippen LogP contribution < -0.4 is 19.1 Å². The highest BCUT2D eigenvalue weighted by Gasteiger charge is 2.24. The Labute approximate surface area is 162 Å². The van der Waals surface area contributed by atoms with Gasteiger partial charge in [0.2, 0.25) is 16.8 Å². The number of anilines is 3. The molecule has 0 amide bonds. The fourth-order valence-corrected chi connectivity index (χ4v) is 3.35. The van der Waals surface area contributed by atoms with Crippen LogP contribution in [0.5, 0.6) is 11.5 Å². The third-order valence-electron chi connectivity index (χ3n) is 4.12. The molecule has 0 atom stereocenters. The summed E-state index contributed by atoms with van der Waals surface area (Å²) < 4.78 is 36.5. The summed E-state index contributed by atoms with van der Waals surface area (Å²) in [6.45, 7) is 0.346. The molecule has 9 heteroatoms. The Bertz CT molecular complexity index is 1090. The minimum absolute atomic E-state index is 0.155. The Morgan fingerprint density at radius 3 is 2.79 bits per heavy atom. The van der Waals surface area contributed by atoms with Gasteiger partial charge in [0.05, 0.1) is 11.9 Å². The average Bonchev–Trinajstić information content (AvgIpc) is 3.17. The molecule has 1 aliphatic rings. The molecule has 3 aromatic rings. The van der Waals surface area contributed by atoms with Gasteiger partial charge < -0.3 is 9.47 Å². The van der Waals surface area contributed by atoms with Crippen molar-refractivity contribution in [2.75, 3.05) is 17.9 Å². The van der Waals surface area contributed by atoms with Crippen molar-refractivity contribution < 1.29 is 17.9 Å². The molecular formula is C19H18N4O4S. The molecule has 0 unspecified atom stereocenters. The standard InChI is InChI=1S/C19H18N4O4S/c1-28(24,25)22-11-14-4-2-5-15(10-14)23(18-8-9-20-12-21-18)16-6-3-7-17-19(16)27-13-26-17/h2-10,12,22H,11,13H2,1H3. The lowest BCUT2D eigenvalue weighted by molar-refractivity contribution is 0.174. The van der Waals surface area contributed by atoms with Crippen LogP contribution in [-0.2, 0) is 16.6 Å². The lowest BCUT2D eigenvalue weighted by Crippen LogP contribution is -2.21. The summed E-state index contributed by atoms with van der Waals surface area (Å²) in [6.07, 6.45) is 4.26. The number of fused-ring (bicyclic) bond motifs is 1. The second-order valence-electron chi connectivity index (χ2n) is 6.18. The van der Waals surface area contributed by atoms with Crippen LogP contribution in [-0.4, -0.2) is 31.4 Å². The van der Waals surface area contributed by atoms with Gasteiger partial charge in [0.1, 0.15) is 12.1 Å². The van der Waals surface area contributed by atoms with Gasteiger partial charge >= 0.3 is 0 Å². The van der Waals surface area contributed by atoms with Crippen molar-refractivity contribution in [3.05, 3.63) is 66.6 Å². The first-order valence-electron chi connectivity index (χ1n) is 8.49. The summed E-state index contributed by atoms with van der Waals surface area (Å²) in [4.78, 5) is 10.3. The van der Waals surface area contributed by atoms with Crippen molar-refractivity contribution in [1.29, 1.82) is 0 Å². The zero-order valence-corrected chi connectivity index (χ0v) is 15.9. The first-order valence-corrected chi connectivity index (χ1v) is 10.4. The Morgan fingerprint density at radius 1 is 1.14 bits per heavy atom. The van der Waals surface area contributed by atoms with E-state index in [1.54, 1.807) is 12.3 Å². The molecule has 0 saturated heterocycles. The monoisotopic (exact) mass is 398 g/mol. The molecular weight excluding hydrogens is 380 g/mol. The molecule has 8 nitrogen and oxygen atoms in total. The Kier molecular flexibility index (Phi) is 4.84. The summed E-state index contributed by atoms with van der Waals surface area (Å²) in [5.41, 5.74) is 2.38. The van der Waals surface area contributed by atoms with E-state index in [4.69, 9.17) is 9.47 Å². The second-order valence-corrected chi connectivity index (χ2v) is 8.01. The van der Waals surface area contributed by atoms with Crippen molar-refractivity contribution in [3.8, 4) is 11.5 Å². The maximum absolute atomic E-state index is 11.4.